The Morgan fingerprint density at radius 1 is 1.44 bits per heavy atom. The van der Waals surface area contributed by atoms with Crippen molar-refractivity contribution in [3.05, 3.63) is 0 Å². The first kappa shape index (κ1) is 13.0. The van der Waals surface area contributed by atoms with Gasteiger partial charge in [-0.05, 0) is 18.3 Å². The van der Waals surface area contributed by atoms with Gasteiger partial charge in [-0.15, -0.1) is 0 Å². The fourth-order valence-electron chi connectivity index (χ4n) is 1.67. The minimum Gasteiger partial charge on any atom is -0.480 e. The Morgan fingerprint density at radius 3 is 2.44 bits per heavy atom. The highest BCUT2D eigenvalue weighted by atomic mass is 16.5. The van der Waals surface area contributed by atoms with E-state index in [0.717, 1.165) is 6.42 Å². The lowest BCUT2D eigenvalue weighted by Gasteiger charge is -2.28. The molecule has 5 nitrogen and oxygen atoms in total. The van der Waals surface area contributed by atoms with Crippen LogP contribution in [0.5, 0.6) is 0 Å². The molecule has 1 heterocycles. The summed E-state index contributed by atoms with van der Waals surface area (Å²) in [5.74, 6) is -1.33. The van der Waals surface area contributed by atoms with Crippen LogP contribution in [-0.4, -0.2) is 35.7 Å². The van der Waals surface area contributed by atoms with Gasteiger partial charge in [-0.2, -0.15) is 0 Å². The molecule has 1 fully saturated rings. The second-order valence-corrected chi connectivity index (χ2v) is 5.15. The van der Waals surface area contributed by atoms with Crippen LogP contribution >= 0.6 is 0 Å². The normalized spacial score (nSPS) is 22.8. The zero-order valence-corrected chi connectivity index (χ0v) is 9.95. The summed E-state index contributed by atoms with van der Waals surface area (Å²) in [5.41, 5.74) is -0.514. The van der Waals surface area contributed by atoms with Crippen LogP contribution in [0.1, 0.15) is 33.6 Å². The maximum Gasteiger partial charge on any atom is 0.326 e. The molecule has 0 radical (unpaired) electrons. The molecule has 0 spiro atoms. The zero-order chi connectivity index (χ0) is 12.3. The summed E-state index contributed by atoms with van der Waals surface area (Å²) in [6, 6.07) is -0.885. The summed E-state index contributed by atoms with van der Waals surface area (Å²) in [6.07, 6.45) is 1.04. The molecule has 92 valence electrons. The second-order valence-electron chi connectivity index (χ2n) is 5.15. The van der Waals surface area contributed by atoms with E-state index in [0.29, 0.717) is 13.0 Å². The van der Waals surface area contributed by atoms with Gasteiger partial charge in [-0.3, -0.25) is 4.79 Å². The van der Waals surface area contributed by atoms with E-state index in [-0.39, 0.29) is 5.91 Å². The summed E-state index contributed by atoms with van der Waals surface area (Å²) in [4.78, 5) is 22.7. The Labute approximate surface area is 95.2 Å². The van der Waals surface area contributed by atoms with E-state index < -0.39 is 23.5 Å². The van der Waals surface area contributed by atoms with E-state index in [1.54, 1.807) is 20.8 Å². The minimum absolute atomic E-state index is 0.320. The van der Waals surface area contributed by atoms with E-state index in [1.165, 1.54) is 0 Å². The largest absolute Gasteiger partial charge is 0.480 e. The number of carboxylic acids is 1. The first-order chi connectivity index (χ1) is 7.32. The van der Waals surface area contributed by atoms with E-state index in [2.05, 4.69) is 5.32 Å². The molecule has 1 saturated heterocycles. The average Bonchev–Trinajstić information content (AvgIpc) is 2.63. The van der Waals surface area contributed by atoms with Crippen LogP contribution < -0.4 is 5.32 Å². The highest BCUT2D eigenvalue weighted by Gasteiger charge is 2.35. The number of nitrogens with one attached hydrogen (secondary N) is 1. The maximum atomic E-state index is 11.7. The lowest BCUT2D eigenvalue weighted by molar-refractivity contribution is -0.146. The van der Waals surface area contributed by atoms with Gasteiger partial charge in [0.15, 0.2) is 0 Å². The molecular weight excluding hydrogens is 210 g/mol. The molecule has 1 rings (SSSR count). The summed E-state index contributed by atoms with van der Waals surface area (Å²) in [5, 5.41) is 11.6. The number of rotatable bonds is 3. The van der Waals surface area contributed by atoms with Crippen molar-refractivity contribution in [3.63, 3.8) is 0 Å². The van der Waals surface area contributed by atoms with Gasteiger partial charge in [0.1, 0.15) is 12.1 Å². The number of hydrogen-bond acceptors (Lipinski definition) is 3. The van der Waals surface area contributed by atoms with E-state index in [9.17, 15) is 9.59 Å². The molecule has 1 aliphatic rings. The third kappa shape index (κ3) is 3.20. The van der Waals surface area contributed by atoms with Gasteiger partial charge in [-0.25, -0.2) is 4.79 Å². The van der Waals surface area contributed by atoms with Crippen LogP contribution in [0.25, 0.3) is 0 Å². The number of carbonyl (C=O) groups excluding carboxylic acids is 1. The molecule has 16 heavy (non-hydrogen) atoms. The van der Waals surface area contributed by atoms with E-state index in [4.69, 9.17) is 9.84 Å². The first-order valence-corrected chi connectivity index (χ1v) is 5.47. The van der Waals surface area contributed by atoms with Crippen molar-refractivity contribution >= 4 is 11.9 Å². The monoisotopic (exact) mass is 229 g/mol. The van der Waals surface area contributed by atoms with Gasteiger partial charge < -0.3 is 15.2 Å². The van der Waals surface area contributed by atoms with Crippen LogP contribution in [0.3, 0.4) is 0 Å². The van der Waals surface area contributed by atoms with E-state index in [1.807, 2.05) is 0 Å². The fraction of sp³-hybridized carbons (Fsp3) is 0.818. The van der Waals surface area contributed by atoms with Crippen LogP contribution in [0.4, 0.5) is 0 Å². The van der Waals surface area contributed by atoms with Gasteiger partial charge in [0, 0.05) is 6.61 Å². The van der Waals surface area contributed by atoms with Crippen LogP contribution in [0.15, 0.2) is 0 Å². The second kappa shape index (κ2) is 4.82. The predicted molar refractivity (Wildman–Crippen MR) is 58.0 cm³/mol. The number of amides is 1. The van der Waals surface area contributed by atoms with Gasteiger partial charge >= 0.3 is 5.97 Å². The zero-order valence-electron chi connectivity index (χ0n) is 9.95. The quantitative estimate of drug-likeness (QED) is 0.750. The Kier molecular flexibility index (Phi) is 3.91. The SMILES string of the molecule is CC(C)(C)[C@@H](NC(=O)[C@@H]1CCCO1)C(=O)O. The van der Waals surface area contributed by atoms with Gasteiger partial charge in [0.05, 0.1) is 0 Å². The third-order valence-corrected chi connectivity index (χ3v) is 2.62. The van der Waals surface area contributed by atoms with Crippen LogP contribution in [0.2, 0.25) is 0 Å². The highest BCUT2D eigenvalue weighted by Crippen LogP contribution is 2.20. The number of hydrogen-bond donors (Lipinski definition) is 2. The highest BCUT2D eigenvalue weighted by molar-refractivity contribution is 5.86. The van der Waals surface area contributed by atoms with Gasteiger partial charge in [-0.1, -0.05) is 20.8 Å². The fourth-order valence-corrected chi connectivity index (χ4v) is 1.67. The van der Waals surface area contributed by atoms with Crippen molar-refractivity contribution in [2.45, 2.75) is 45.8 Å². The number of ether oxygens (including phenoxy) is 1. The van der Waals surface area contributed by atoms with Crippen molar-refractivity contribution in [2.75, 3.05) is 6.61 Å². The molecule has 2 atom stereocenters. The molecule has 0 aromatic rings. The van der Waals surface area contributed by atoms with Gasteiger partial charge in [0.25, 0.3) is 0 Å². The minimum atomic E-state index is -1.01. The first-order valence-electron chi connectivity index (χ1n) is 5.47. The van der Waals surface area contributed by atoms with Crippen LogP contribution in [0, 0.1) is 5.41 Å². The molecule has 0 aromatic heterocycles. The Balaban J connectivity index is 2.61. The summed E-state index contributed by atoms with van der Waals surface area (Å²) < 4.78 is 5.20. The van der Waals surface area contributed by atoms with Crippen molar-refractivity contribution in [1.82, 2.24) is 5.32 Å². The van der Waals surface area contributed by atoms with Crippen molar-refractivity contribution in [3.8, 4) is 0 Å². The van der Waals surface area contributed by atoms with Crippen molar-refractivity contribution in [2.24, 2.45) is 5.41 Å². The predicted octanol–water partition coefficient (Wildman–Crippen LogP) is 0.781. The number of carbonyl (C=O) groups is 2. The standard InChI is InChI=1S/C11H19NO4/c1-11(2,3)8(10(14)15)12-9(13)7-5-4-6-16-7/h7-8H,4-6H2,1-3H3,(H,12,13)(H,14,15)/t7-,8-/m0/s1. The Hall–Kier alpha value is -1.10. The summed E-state index contributed by atoms with van der Waals surface area (Å²) >= 11 is 0. The molecule has 1 aliphatic heterocycles. The lowest BCUT2D eigenvalue weighted by Crippen LogP contribution is -2.51. The molecular formula is C11H19NO4. The maximum absolute atomic E-state index is 11.7. The van der Waals surface area contributed by atoms with E-state index >= 15 is 0 Å². The summed E-state index contributed by atoms with van der Waals surface area (Å²) in [7, 11) is 0. The Bertz CT molecular complexity index is 276. The lowest BCUT2D eigenvalue weighted by atomic mass is 9.86. The van der Waals surface area contributed by atoms with Gasteiger partial charge in [0.2, 0.25) is 5.91 Å². The molecule has 0 aliphatic carbocycles. The topological polar surface area (TPSA) is 75.6 Å². The molecule has 2 N–H and O–H groups in total. The molecule has 0 aromatic carbocycles. The Morgan fingerprint density at radius 2 is 2.06 bits per heavy atom. The average molecular weight is 229 g/mol. The molecule has 5 heteroatoms. The number of aliphatic carboxylic acids is 1. The van der Waals surface area contributed by atoms with Crippen molar-refractivity contribution in [1.29, 1.82) is 0 Å². The van der Waals surface area contributed by atoms with Crippen LogP contribution in [-0.2, 0) is 14.3 Å². The molecule has 0 saturated carbocycles. The summed E-state index contributed by atoms with van der Waals surface area (Å²) in [6.45, 7) is 5.91. The van der Waals surface area contributed by atoms with Crippen molar-refractivity contribution < 1.29 is 19.4 Å². The molecule has 0 bridgehead atoms. The molecule has 0 unspecified atom stereocenters. The molecule has 1 amide bonds. The third-order valence-electron chi connectivity index (χ3n) is 2.62. The smallest absolute Gasteiger partial charge is 0.326 e. The number of carboxylic acid groups (broad SMARTS) is 1.